The molecule has 1 aromatic carbocycles. The lowest BCUT2D eigenvalue weighted by Crippen LogP contribution is -2.34. The molecule has 1 saturated heterocycles. The van der Waals surface area contributed by atoms with E-state index in [1.807, 2.05) is 44.3 Å². The number of β-amino-alcohol motifs (C(OH)–C–C–N with tert-alkyl or cyclic N) is 1. The van der Waals surface area contributed by atoms with Gasteiger partial charge >= 0.3 is 0 Å². The van der Waals surface area contributed by atoms with Crippen LogP contribution in [0, 0.1) is 0 Å². The number of aromatic nitrogens is 4. The Hall–Kier alpha value is -2.67. The van der Waals surface area contributed by atoms with Crippen molar-refractivity contribution in [1.29, 1.82) is 0 Å². The van der Waals surface area contributed by atoms with Crippen molar-refractivity contribution in [2.24, 2.45) is 0 Å². The second kappa shape index (κ2) is 5.70. The fourth-order valence-corrected chi connectivity index (χ4v) is 3.28. The first-order valence-electron chi connectivity index (χ1n) is 8.47. The Morgan fingerprint density at radius 3 is 2.96 bits per heavy atom. The first kappa shape index (κ1) is 15.8. The molecule has 2 aromatic heterocycles. The number of nitrogens with zero attached hydrogens (tertiary/aromatic N) is 4. The average Bonchev–Trinajstić information content (AvgIpc) is 3.32. The highest BCUT2D eigenvalue weighted by Crippen LogP contribution is 2.32. The number of likely N-dealkylation sites (tertiary alicyclic amines) is 1. The minimum absolute atomic E-state index is 0.0799. The van der Waals surface area contributed by atoms with Gasteiger partial charge in [-0.3, -0.25) is 4.79 Å². The van der Waals surface area contributed by atoms with Crippen LogP contribution in [0.15, 0.2) is 36.7 Å². The second-order valence-corrected chi connectivity index (χ2v) is 6.97. The summed E-state index contributed by atoms with van der Waals surface area (Å²) in [4.78, 5) is 17.6. The third-order valence-corrected chi connectivity index (χ3v) is 4.85. The van der Waals surface area contributed by atoms with Gasteiger partial charge in [-0.2, -0.15) is 0 Å². The Labute approximate surface area is 145 Å². The molecule has 130 valence electrons. The van der Waals surface area contributed by atoms with Crippen LogP contribution in [-0.2, 0) is 5.60 Å². The summed E-state index contributed by atoms with van der Waals surface area (Å²) in [6, 6.07) is 7.75. The van der Waals surface area contributed by atoms with E-state index in [9.17, 15) is 9.90 Å². The zero-order valence-corrected chi connectivity index (χ0v) is 14.3. The molecule has 0 aliphatic carbocycles. The standard InChI is InChI=1S/C18H21N5O2/c1-12(2)23-10-16(20-21-23)18(25)6-8-22(11-18)17(24)14-4-3-13-5-7-19-15(13)9-14/h3-5,7,9-10,12,19,25H,6,8,11H2,1-2H3/t18-/m1/s1. The molecule has 1 aliphatic heterocycles. The molecule has 1 amide bonds. The monoisotopic (exact) mass is 339 g/mol. The molecule has 25 heavy (non-hydrogen) atoms. The molecule has 1 aliphatic rings. The fraction of sp³-hybridized carbons (Fsp3) is 0.389. The summed E-state index contributed by atoms with van der Waals surface area (Å²) in [6.45, 7) is 4.73. The molecule has 0 saturated carbocycles. The lowest BCUT2D eigenvalue weighted by Gasteiger charge is -2.21. The highest BCUT2D eigenvalue weighted by Gasteiger charge is 2.42. The number of amides is 1. The smallest absolute Gasteiger partial charge is 0.254 e. The van der Waals surface area contributed by atoms with Gasteiger partial charge in [0.05, 0.1) is 12.7 Å². The van der Waals surface area contributed by atoms with Crippen molar-refractivity contribution in [2.75, 3.05) is 13.1 Å². The number of H-pyrrole nitrogens is 1. The number of hydrogen-bond donors (Lipinski definition) is 2. The molecule has 4 rings (SSSR count). The number of aromatic amines is 1. The summed E-state index contributed by atoms with van der Waals surface area (Å²) in [5.41, 5.74) is 0.931. The van der Waals surface area contributed by atoms with Gasteiger partial charge in [-0.05, 0) is 37.4 Å². The van der Waals surface area contributed by atoms with Gasteiger partial charge in [0.25, 0.3) is 5.91 Å². The van der Waals surface area contributed by atoms with Crippen molar-refractivity contribution in [3.8, 4) is 0 Å². The van der Waals surface area contributed by atoms with E-state index in [0.717, 1.165) is 10.9 Å². The van der Waals surface area contributed by atoms with Crippen LogP contribution in [0.25, 0.3) is 10.9 Å². The Balaban J connectivity index is 1.55. The molecular formula is C18H21N5O2. The maximum Gasteiger partial charge on any atom is 0.254 e. The van der Waals surface area contributed by atoms with Gasteiger partial charge < -0.3 is 15.0 Å². The molecule has 7 nitrogen and oxygen atoms in total. The summed E-state index contributed by atoms with van der Waals surface area (Å²) in [5.74, 6) is -0.0799. The predicted molar refractivity (Wildman–Crippen MR) is 93.1 cm³/mol. The Morgan fingerprint density at radius 1 is 1.36 bits per heavy atom. The first-order chi connectivity index (χ1) is 12.0. The van der Waals surface area contributed by atoms with Crippen molar-refractivity contribution in [2.45, 2.75) is 31.9 Å². The van der Waals surface area contributed by atoms with E-state index >= 15 is 0 Å². The number of hydrogen-bond acceptors (Lipinski definition) is 4. The molecule has 0 spiro atoms. The van der Waals surface area contributed by atoms with Crippen LogP contribution >= 0.6 is 0 Å². The number of rotatable bonds is 3. The van der Waals surface area contributed by atoms with Crippen LogP contribution in [0.3, 0.4) is 0 Å². The molecule has 0 bridgehead atoms. The van der Waals surface area contributed by atoms with E-state index < -0.39 is 5.60 Å². The normalized spacial score (nSPS) is 20.7. The third-order valence-electron chi connectivity index (χ3n) is 4.85. The van der Waals surface area contributed by atoms with Gasteiger partial charge in [-0.15, -0.1) is 5.10 Å². The van der Waals surface area contributed by atoms with Gasteiger partial charge in [-0.25, -0.2) is 4.68 Å². The lowest BCUT2D eigenvalue weighted by atomic mass is 10.00. The highest BCUT2D eigenvalue weighted by atomic mass is 16.3. The average molecular weight is 339 g/mol. The summed E-state index contributed by atoms with van der Waals surface area (Å²) in [7, 11) is 0. The lowest BCUT2D eigenvalue weighted by molar-refractivity contribution is 0.0381. The van der Waals surface area contributed by atoms with Crippen molar-refractivity contribution < 1.29 is 9.90 Å². The molecule has 2 N–H and O–H groups in total. The Kier molecular flexibility index (Phi) is 3.61. The van der Waals surface area contributed by atoms with E-state index in [1.165, 1.54) is 0 Å². The Bertz CT molecular complexity index is 928. The number of fused-ring (bicyclic) bond motifs is 1. The molecule has 1 fully saturated rings. The maximum atomic E-state index is 12.8. The molecule has 7 heteroatoms. The predicted octanol–water partition coefficient (Wildman–Crippen LogP) is 2.07. The van der Waals surface area contributed by atoms with Crippen LogP contribution in [0.2, 0.25) is 0 Å². The van der Waals surface area contributed by atoms with Gasteiger partial charge in [0, 0.05) is 36.3 Å². The number of nitrogens with one attached hydrogen (secondary N) is 1. The molecule has 1 atom stereocenters. The van der Waals surface area contributed by atoms with E-state index in [4.69, 9.17) is 0 Å². The largest absolute Gasteiger partial charge is 0.381 e. The third kappa shape index (κ3) is 2.70. The SMILES string of the molecule is CC(C)n1cc([C@@]2(O)CCN(C(=O)c3ccc4cc[nH]c4c3)C2)nn1. The molecule has 0 radical (unpaired) electrons. The van der Waals surface area contributed by atoms with Crippen LogP contribution in [0.4, 0.5) is 0 Å². The van der Waals surface area contributed by atoms with Gasteiger partial charge in [0.1, 0.15) is 11.3 Å². The van der Waals surface area contributed by atoms with E-state index in [2.05, 4.69) is 15.3 Å². The maximum absolute atomic E-state index is 12.8. The number of carbonyl (C=O) groups excluding carboxylic acids is 1. The van der Waals surface area contributed by atoms with Gasteiger partial charge in [-0.1, -0.05) is 11.3 Å². The second-order valence-electron chi connectivity index (χ2n) is 6.97. The van der Waals surface area contributed by atoms with Crippen LogP contribution < -0.4 is 0 Å². The number of aliphatic hydroxyl groups is 1. The summed E-state index contributed by atoms with van der Waals surface area (Å²) in [6.07, 6.45) is 4.08. The molecule has 3 heterocycles. The van der Waals surface area contributed by atoms with E-state index in [-0.39, 0.29) is 18.5 Å². The van der Waals surface area contributed by atoms with Crippen LogP contribution in [0.1, 0.15) is 42.4 Å². The Morgan fingerprint density at radius 2 is 2.20 bits per heavy atom. The first-order valence-corrected chi connectivity index (χ1v) is 8.47. The topological polar surface area (TPSA) is 87.0 Å². The van der Waals surface area contributed by atoms with Gasteiger partial charge in [0.15, 0.2) is 0 Å². The quantitative estimate of drug-likeness (QED) is 0.765. The van der Waals surface area contributed by atoms with Crippen LogP contribution in [0.5, 0.6) is 0 Å². The van der Waals surface area contributed by atoms with Crippen molar-refractivity contribution in [3.05, 3.63) is 47.9 Å². The number of benzene rings is 1. The minimum Gasteiger partial charge on any atom is -0.381 e. The highest BCUT2D eigenvalue weighted by molar-refractivity contribution is 5.98. The molecule has 0 unspecified atom stereocenters. The van der Waals surface area contributed by atoms with Crippen molar-refractivity contribution in [3.63, 3.8) is 0 Å². The van der Waals surface area contributed by atoms with Crippen molar-refractivity contribution in [1.82, 2.24) is 24.9 Å². The summed E-state index contributed by atoms with van der Waals surface area (Å²) >= 11 is 0. The summed E-state index contributed by atoms with van der Waals surface area (Å²) in [5, 5.41) is 20.2. The number of carbonyl (C=O) groups is 1. The fourth-order valence-electron chi connectivity index (χ4n) is 3.28. The zero-order chi connectivity index (χ0) is 17.6. The zero-order valence-electron chi connectivity index (χ0n) is 14.3. The van der Waals surface area contributed by atoms with E-state index in [0.29, 0.717) is 24.2 Å². The minimum atomic E-state index is -1.14. The molecular weight excluding hydrogens is 318 g/mol. The summed E-state index contributed by atoms with van der Waals surface area (Å²) < 4.78 is 1.72. The van der Waals surface area contributed by atoms with Crippen molar-refractivity contribution >= 4 is 16.8 Å². The van der Waals surface area contributed by atoms with Gasteiger partial charge in [0.2, 0.25) is 0 Å². The van der Waals surface area contributed by atoms with E-state index in [1.54, 1.807) is 15.8 Å². The van der Waals surface area contributed by atoms with Crippen LogP contribution in [-0.4, -0.2) is 49.0 Å². The molecule has 3 aromatic rings.